The van der Waals surface area contributed by atoms with Crippen molar-refractivity contribution in [1.29, 1.82) is 0 Å². The second kappa shape index (κ2) is 6.16. The van der Waals surface area contributed by atoms with Crippen molar-refractivity contribution >= 4 is 17.3 Å². The fourth-order valence-corrected chi connectivity index (χ4v) is 1.25. The van der Waals surface area contributed by atoms with Gasteiger partial charge >= 0.3 is 5.69 Å². The van der Waals surface area contributed by atoms with Crippen LogP contribution in [0.15, 0.2) is 12.1 Å². The molecule has 7 nitrogen and oxygen atoms in total. The second-order valence-corrected chi connectivity index (χ2v) is 3.59. The molecule has 0 fully saturated rings. The molecule has 1 rings (SSSR count). The van der Waals surface area contributed by atoms with Crippen molar-refractivity contribution < 1.29 is 23.2 Å². The largest absolute Gasteiger partial charge is 0.383 e. The summed E-state index contributed by atoms with van der Waals surface area (Å²) in [5.41, 5.74) is 3.92. The van der Waals surface area contributed by atoms with E-state index in [4.69, 9.17) is 5.73 Å². The van der Waals surface area contributed by atoms with Crippen LogP contribution in [0, 0.1) is 21.7 Å². The lowest BCUT2D eigenvalue weighted by Crippen LogP contribution is -2.39. The molecule has 0 spiro atoms. The smallest absolute Gasteiger partial charge is 0.307 e. The molecule has 1 amide bonds. The zero-order valence-corrected chi connectivity index (χ0v) is 9.85. The number of rotatable bonds is 5. The number of benzene rings is 1. The number of anilines is 1. The Balaban J connectivity index is 2.98. The number of amides is 1. The molecule has 1 aromatic rings. The molecule has 1 unspecified atom stereocenters. The molecule has 0 bridgehead atoms. The van der Waals surface area contributed by atoms with Crippen LogP contribution >= 0.6 is 0 Å². The first kappa shape index (κ1) is 14.9. The van der Waals surface area contributed by atoms with E-state index in [2.05, 4.69) is 4.74 Å². The molecule has 0 aromatic heterocycles. The van der Waals surface area contributed by atoms with Crippen molar-refractivity contribution in [3.05, 3.63) is 33.9 Å². The van der Waals surface area contributed by atoms with E-state index in [0.29, 0.717) is 12.1 Å². The van der Waals surface area contributed by atoms with Crippen LogP contribution in [-0.2, 0) is 9.53 Å². The summed E-state index contributed by atoms with van der Waals surface area (Å²) in [5, 5.41) is 12.5. The lowest BCUT2D eigenvalue weighted by Gasteiger charge is -2.11. The Hall–Kier alpha value is -2.13. The fraction of sp³-hybridized carbons (Fsp3) is 0.300. The average molecular weight is 275 g/mol. The number of ether oxygens (including phenoxy) is 1. The van der Waals surface area contributed by atoms with Gasteiger partial charge in [0, 0.05) is 19.2 Å². The fourth-order valence-electron chi connectivity index (χ4n) is 1.25. The van der Waals surface area contributed by atoms with Gasteiger partial charge < -0.3 is 15.8 Å². The van der Waals surface area contributed by atoms with Crippen LogP contribution in [0.2, 0.25) is 0 Å². The van der Waals surface area contributed by atoms with E-state index in [0.717, 1.165) is 0 Å². The summed E-state index contributed by atoms with van der Waals surface area (Å²) in [6.07, 6.45) is 0. The Morgan fingerprint density at radius 2 is 2.16 bits per heavy atom. The molecular formula is C10H11F2N3O4. The highest BCUT2D eigenvalue weighted by atomic mass is 19.1. The van der Waals surface area contributed by atoms with Gasteiger partial charge in [0.05, 0.1) is 17.2 Å². The third kappa shape index (κ3) is 3.66. The highest BCUT2D eigenvalue weighted by Gasteiger charge is 2.21. The van der Waals surface area contributed by atoms with Gasteiger partial charge in [0.1, 0.15) is 11.9 Å². The number of hydrogen-bond acceptors (Lipinski definition) is 5. The molecular weight excluding hydrogens is 264 g/mol. The summed E-state index contributed by atoms with van der Waals surface area (Å²) in [7, 11) is 1.32. The highest BCUT2D eigenvalue weighted by Crippen LogP contribution is 2.25. The Bertz CT molecular complexity index is 510. The van der Waals surface area contributed by atoms with Crippen LogP contribution in [0.25, 0.3) is 0 Å². The Kier molecular flexibility index (Phi) is 4.84. The summed E-state index contributed by atoms with van der Waals surface area (Å²) < 4.78 is 31.0. The van der Waals surface area contributed by atoms with Gasteiger partial charge in [0.25, 0.3) is 0 Å². The minimum absolute atomic E-state index is 0.114. The highest BCUT2D eigenvalue weighted by molar-refractivity contribution is 5.95. The first-order valence-corrected chi connectivity index (χ1v) is 5.05. The van der Waals surface area contributed by atoms with Crippen molar-refractivity contribution in [2.24, 2.45) is 5.73 Å². The molecule has 3 N–H and O–H groups in total. The van der Waals surface area contributed by atoms with Crippen molar-refractivity contribution in [3.63, 3.8) is 0 Å². The summed E-state index contributed by atoms with van der Waals surface area (Å²) in [4.78, 5) is 20.9. The molecule has 19 heavy (non-hydrogen) atoms. The molecule has 0 radical (unpaired) electrons. The van der Waals surface area contributed by atoms with Crippen LogP contribution in [0.4, 0.5) is 20.2 Å². The predicted molar refractivity (Wildman–Crippen MR) is 61.5 cm³/mol. The normalized spacial score (nSPS) is 12.0. The van der Waals surface area contributed by atoms with Crippen molar-refractivity contribution in [1.82, 2.24) is 0 Å². The Labute approximate surface area is 106 Å². The maximum Gasteiger partial charge on any atom is 0.307 e. The summed E-state index contributed by atoms with van der Waals surface area (Å²) in [6, 6.07) is -0.175. The summed E-state index contributed by atoms with van der Waals surface area (Å²) >= 11 is 0. The van der Waals surface area contributed by atoms with Gasteiger partial charge in [-0.15, -0.1) is 0 Å². The van der Waals surface area contributed by atoms with Gasteiger partial charge in [0.15, 0.2) is 0 Å². The number of nitro groups is 1. The van der Waals surface area contributed by atoms with Gasteiger partial charge in [-0.05, 0) is 0 Å². The average Bonchev–Trinajstić information content (AvgIpc) is 2.32. The minimum atomic E-state index is -1.33. The first-order valence-electron chi connectivity index (χ1n) is 5.05. The summed E-state index contributed by atoms with van der Waals surface area (Å²) in [5.74, 6) is -3.27. The minimum Gasteiger partial charge on any atom is -0.383 e. The number of nitrogens with one attached hydrogen (secondary N) is 1. The van der Waals surface area contributed by atoms with E-state index in [-0.39, 0.29) is 6.61 Å². The first-order chi connectivity index (χ1) is 8.86. The molecule has 0 aliphatic heterocycles. The third-order valence-electron chi connectivity index (χ3n) is 2.17. The molecule has 0 aliphatic carbocycles. The number of carbonyl (C=O) groups excluding carboxylic acids is 1. The molecule has 0 saturated carbocycles. The zero-order chi connectivity index (χ0) is 14.6. The zero-order valence-electron chi connectivity index (χ0n) is 9.85. The van der Waals surface area contributed by atoms with Crippen LogP contribution in [0.1, 0.15) is 0 Å². The van der Waals surface area contributed by atoms with Crippen LogP contribution in [-0.4, -0.2) is 30.6 Å². The topological polar surface area (TPSA) is 107 Å². The van der Waals surface area contributed by atoms with Crippen molar-refractivity contribution in [3.8, 4) is 0 Å². The number of methoxy groups -OCH3 is 1. The molecule has 104 valence electrons. The van der Waals surface area contributed by atoms with E-state index in [1.165, 1.54) is 7.11 Å². The Morgan fingerprint density at radius 3 is 2.68 bits per heavy atom. The van der Waals surface area contributed by atoms with E-state index < -0.39 is 39.9 Å². The standard InChI is InChI=1S/C10H11F2N3O4/c1-19-4-7(13)10(16)14-8-3-9(15(17)18)6(12)2-5(8)11/h2-3,7H,4,13H2,1H3,(H,14,16). The number of carbonyl (C=O) groups is 1. The molecule has 0 aliphatic rings. The predicted octanol–water partition coefficient (Wildman–Crippen LogP) is 0.785. The van der Waals surface area contributed by atoms with Gasteiger partial charge in [-0.25, -0.2) is 4.39 Å². The summed E-state index contributed by atoms with van der Waals surface area (Å²) in [6.45, 7) is -0.114. The van der Waals surface area contributed by atoms with Crippen molar-refractivity contribution in [2.75, 3.05) is 19.0 Å². The van der Waals surface area contributed by atoms with Gasteiger partial charge in [-0.2, -0.15) is 4.39 Å². The van der Waals surface area contributed by atoms with Crippen LogP contribution < -0.4 is 11.1 Å². The number of nitro benzene ring substituents is 1. The molecule has 0 saturated heterocycles. The monoisotopic (exact) mass is 275 g/mol. The van der Waals surface area contributed by atoms with Crippen molar-refractivity contribution in [2.45, 2.75) is 6.04 Å². The molecule has 1 aromatic carbocycles. The number of nitrogens with zero attached hydrogens (tertiary/aromatic N) is 1. The number of nitrogens with two attached hydrogens (primary N) is 1. The van der Waals surface area contributed by atoms with Crippen LogP contribution in [0.3, 0.4) is 0 Å². The van der Waals surface area contributed by atoms with Gasteiger partial charge in [-0.1, -0.05) is 0 Å². The number of hydrogen-bond donors (Lipinski definition) is 2. The van der Waals surface area contributed by atoms with E-state index in [1.54, 1.807) is 0 Å². The molecule has 0 heterocycles. The maximum absolute atomic E-state index is 13.4. The lowest BCUT2D eigenvalue weighted by molar-refractivity contribution is -0.387. The third-order valence-corrected chi connectivity index (χ3v) is 2.17. The lowest BCUT2D eigenvalue weighted by atomic mass is 10.2. The van der Waals surface area contributed by atoms with Gasteiger partial charge in [-0.3, -0.25) is 14.9 Å². The van der Waals surface area contributed by atoms with E-state index in [1.807, 2.05) is 5.32 Å². The molecule has 9 heteroatoms. The Morgan fingerprint density at radius 1 is 1.53 bits per heavy atom. The second-order valence-electron chi connectivity index (χ2n) is 3.59. The van der Waals surface area contributed by atoms with Gasteiger partial charge in [0.2, 0.25) is 11.7 Å². The maximum atomic E-state index is 13.4. The SMILES string of the molecule is COCC(N)C(=O)Nc1cc([N+](=O)[O-])c(F)cc1F. The number of halogens is 2. The van der Waals surface area contributed by atoms with E-state index >= 15 is 0 Å². The van der Waals surface area contributed by atoms with Crippen LogP contribution in [0.5, 0.6) is 0 Å². The molecule has 1 atom stereocenters. The van der Waals surface area contributed by atoms with E-state index in [9.17, 15) is 23.7 Å². The quantitative estimate of drug-likeness (QED) is 0.610.